The molecule has 86 valence electrons. The average Bonchev–Trinajstić information content (AvgIpc) is 2.63. The minimum atomic E-state index is 0. The molecule has 2 nitrogen and oxygen atoms in total. The van der Waals surface area contributed by atoms with Gasteiger partial charge in [-0.15, -0.1) is 0 Å². The number of nitrogens with one attached hydrogen (secondary N) is 1. The second-order valence-corrected chi connectivity index (χ2v) is 4.52. The molecule has 1 aliphatic carbocycles. The summed E-state index contributed by atoms with van der Waals surface area (Å²) in [5.41, 5.74) is 9.23. The summed E-state index contributed by atoms with van der Waals surface area (Å²) >= 11 is 0. The summed E-state index contributed by atoms with van der Waals surface area (Å²) < 4.78 is 0. The summed E-state index contributed by atoms with van der Waals surface area (Å²) in [6.45, 7) is 0.513. The van der Waals surface area contributed by atoms with Gasteiger partial charge < -0.3 is 5.73 Å². The number of hydrogen-bond acceptors (Lipinski definition) is 1. The fourth-order valence-electron chi connectivity index (χ4n) is 2.44. The largest absolute Gasteiger partial charge is 1.00 e. The first-order valence-corrected chi connectivity index (χ1v) is 6.09. The minimum absolute atomic E-state index is 0. The maximum Gasteiger partial charge on any atom is 1.00 e. The van der Waals surface area contributed by atoms with Gasteiger partial charge in [-0.2, -0.15) is 6.54 Å². The Bertz CT molecular complexity index is 378. The van der Waals surface area contributed by atoms with Gasteiger partial charge in [-0.25, -0.2) is 0 Å². The molecule has 3 heteroatoms. The Kier molecular flexibility index (Phi) is 7.15. The van der Waals surface area contributed by atoms with Crippen LogP contribution in [0, 0.1) is 5.92 Å². The first-order valence-electron chi connectivity index (χ1n) is 6.09. The normalized spacial score (nSPS) is 17.7. The van der Waals surface area contributed by atoms with E-state index < -0.39 is 0 Å². The smallest absolute Gasteiger partial charge is 0.677 e. The number of benzene rings is 1. The molecule has 0 radical (unpaired) electrons. The Hall–Kier alpha value is 0.486. The molecular weight excluding hydrogens is 237 g/mol. The molecule has 1 aliphatic rings. The van der Waals surface area contributed by atoms with Crippen LogP contribution in [0.25, 0.3) is 5.73 Å². The molecule has 0 aliphatic heterocycles. The molecule has 0 saturated carbocycles. The molecule has 1 N–H and O–H groups in total. The molecule has 0 bridgehead atoms. The third kappa shape index (κ3) is 3.98. The number of unbranched alkanes of at least 4 members (excludes halogenated alkanes) is 2. The molecule has 0 spiro atoms. The Labute approximate surface area is 146 Å². The van der Waals surface area contributed by atoms with Crippen LogP contribution in [0.3, 0.4) is 0 Å². The van der Waals surface area contributed by atoms with Crippen LogP contribution in [0.5, 0.6) is 0 Å². The predicted octanol–water partition coefficient (Wildman–Crippen LogP) is 0.658. The first kappa shape index (κ1) is 15.5. The van der Waals surface area contributed by atoms with E-state index in [9.17, 15) is 4.79 Å². The van der Waals surface area contributed by atoms with Crippen molar-refractivity contribution in [1.29, 1.82) is 0 Å². The van der Waals surface area contributed by atoms with Gasteiger partial charge in [0.15, 0.2) is 5.78 Å². The molecule has 1 aromatic rings. The van der Waals surface area contributed by atoms with Crippen molar-refractivity contribution in [2.45, 2.75) is 32.1 Å². The number of ketones is 1. The Morgan fingerprint density at radius 3 is 2.65 bits per heavy atom. The van der Waals surface area contributed by atoms with Gasteiger partial charge in [0.1, 0.15) is 0 Å². The van der Waals surface area contributed by atoms with Gasteiger partial charge in [-0.3, -0.25) is 4.79 Å². The monoisotopic (exact) mass is 255 g/mol. The summed E-state index contributed by atoms with van der Waals surface area (Å²) in [5.74, 6) is 0.546. The average molecular weight is 255 g/mol. The van der Waals surface area contributed by atoms with Crippen LogP contribution in [-0.4, -0.2) is 12.3 Å². The molecule has 1 atom stereocenters. The van der Waals surface area contributed by atoms with Crippen molar-refractivity contribution in [2.75, 3.05) is 6.54 Å². The van der Waals surface area contributed by atoms with Crippen molar-refractivity contribution in [3.63, 3.8) is 0 Å². The molecule has 1 aromatic carbocycles. The fraction of sp³-hybridized carbons (Fsp3) is 0.500. The zero-order valence-corrected chi connectivity index (χ0v) is 13.7. The van der Waals surface area contributed by atoms with Gasteiger partial charge in [0, 0.05) is 11.5 Å². The van der Waals surface area contributed by atoms with Gasteiger partial charge in [0.05, 0.1) is 0 Å². The molecule has 17 heavy (non-hydrogen) atoms. The van der Waals surface area contributed by atoms with Crippen molar-refractivity contribution >= 4 is 5.78 Å². The molecule has 2 rings (SSSR count). The summed E-state index contributed by atoms with van der Waals surface area (Å²) in [6, 6.07) is 7.96. The quantitative estimate of drug-likeness (QED) is 0.563. The zero-order valence-electron chi connectivity index (χ0n) is 10.5. The Morgan fingerprint density at radius 2 is 1.94 bits per heavy atom. The number of hydrogen-bond donors (Lipinski definition) is 0. The number of carbonyl (C=O) groups is 1. The fourth-order valence-corrected chi connectivity index (χ4v) is 2.44. The van der Waals surface area contributed by atoms with Crippen LogP contribution < -0.4 is 51.4 Å². The maximum absolute atomic E-state index is 12.0. The van der Waals surface area contributed by atoms with Gasteiger partial charge >= 0.3 is 51.4 Å². The van der Waals surface area contributed by atoms with E-state index in [1.807, 2.05) is 18.2 Å². The van der Waals surface area contributed by atoms with Crippen LogP contribution in [0.4, 0.5) is 0 Å². The molecule has 0 fully saturated rings. The van der Waals surface area contributed by atoms with Gasteiger partial charge in [-0.05, 0) is 18.4 Å². The van der Waals surface area contributed by atoms with Gasteiger partial charge in [-0.1, -0.05) is 43.5 Å². The third-order valence-electron chi connectivity index (χ3n) is 3.35. The van der Waals surface area contributed by atoms with Crippen molar-refractivity contribution in [3.05, 3.63) is 41.1 Å². The summed E-state index contributed by atoms with van der Waals surface area (Å²) in [7, 11) is 0. The molecule has 0 saturated heterocycles. The molecule has 0 heterocycles. The van der Waals surface area contributed by atoms with E-state index in [2.05, 4.69) is 6.07 Å². The SMILES string of the molecule is [K+].[NH-]CCCCCC1Cc2ccccc2C1=O. The number of rotatable bonds is 5. The van der Waals surface area contributed by atoms with Crippen molar-refractivity contribution in [3.8, 4) is 0 Å². The van der Waals surface area contributed by atoms with Crippen molar-refractivity contribution in [1.82, 2.24) is 0 Å². The predicted molar refractivity (Wildman–Crippen MR) is 65.6 cm³/mol. The van der Waals surface area contributed by atoms with E-state index in [4.69, 9.17) is 5.73 Å². The summed E-state index contributed by atoms with van der Waals surface area (Å²) in [6.07, 6.45) is 5.06. The van der Waals surface area contributed by atoms with E-state index in [1.165, 1.54) is 5.56 Å². The molecule has 0 amide bonds. The summed E-state index contributed by atoms with van der Waals surface area (Å²) in [5, 5.41) is 0. The van der Waals surface area contributed by atoms with E-state index in [0.29, 0.717) is 12.3 Å². The van der Waals surface area contributed by atoms with Crippen LogP contribution in [0.2, 0.25) is 0 Å². The second-order valence-electron chi connectivity index (χ2n) is 4.52. The summed E-state index contributed by atoms with van der Waals surface area (Å²) in [4.78, 5) is 12.0. The molecular formula is C14H18KNO. The molecule has 1 unspecified atom stereocenters. The Morgan fingerprint density at radius 1 is 1.18 bits per heavy atom. The van der Waals surface area contributed by atoms with Crippen molar-refractivity contribution in [2.24, 2.45) is 5.92 Å². The van der Waals surface area contributed by atoms with Crippen molar-refractivity contribution < 1.29 is 56.2 Å². The van der Waals surface area contributed by atoms with E-state index >= 15 is 0 Å². The van der Waals surface area contributed by atoms with Crippen LogP contribution in [0.15, 0.2) is 24.3 Å². The number of fused-ring (bicyclic) bond motifs is 1. The topological polar surface area (TPSA) is 40.9 Å². The zero-order chi connectivity index (χ0) is 11.4. The van der Waals surface area contributed by atoms with Gasteiger partial charge in [0.25, 0.3) is 0 Å². The molecule has 0 aromatic heterocycles. The first-order chi connectivity index (χ1) is 7.83. The van der Waals surface area contributed by atoms with E-state index in [1.54, 1.807) is 0 Å². The maximum atomic E-state index is 12.0. The van der Waals surface area contributed by atoms with E-state index in [0.717, 1.165) is 37.7 Å². The second kappa shape index (κ2) is 7.82. The van der Waals surface area contributed by atoms with Gasteiger partial charge in [0.2, 0.25) is 0 Å². The Balaban J connectivity index is 0.00000144. The number of Topliss-reactive ketones (excluding diaryl/α,β-unsaturated/α-hetero) is 1. The number of carbonyl (C=O) groups excluding carboxylic acids is 1. The standard InChI is InChI=1S/C14H18NO.K/c15-9-5-1-2-7-12-10-11-6-3-4-8-13(11)14(12)16;/h3-4,6,8,12,15H,1-2,5,7,9-10H2;/q-1;+1. The minimum Gasteiger partial charge on any atom is -0.677 e. The van der Waals surface area contributed by atoms with Crippen LogP contribution >= 0.6 is 0 Å². The van der Waals surface area contributed by atoms with Crippen LogP contribution in [0.1, 0.15) is 41.6 Å². The van der Waals surface area contributed by atoms with Crippen LogP contribution in [-0.2, 0) is 6.42 Å². The van der Waals surface area contributed by atoms with E-state index in [-0.39, 0.29) is 57.3 Å². The third-order valence-corrected chi connectivity index (χ3v) is 3.35.